The van der Waals surface area contributed by atoms with E-state index in [0.29, 0.717) is 41.3 Å². The lowest BCUT2D eigenvalue weighted by atomic mass is 9.92. The van der Waals surface area contributed by atoms with E-state index in [1.807, 2.05) is 98.1 Å². The van der Waals surface area contributed by atoms with E-state index in [2.05, 4.69) is 13.8 Å². The molecule has 0 aliphatic carbocycles. The van der Waals surface area contributed by atoms with Gasteiger partial charge in [0.05, 0.1) is 12.3 Å². The summed E-state index contributed by atoms with van der Waals surface area (Å²) in [5.74, 6) is 0.197. The van der Waals surface area contributed by atoms with Gasteiger partial charge in [-0.15, -0.1) is 0 Å². The summed E-state index contributed by atoms with van der Waals surface area (Å²) in [6, 6.07) is 27.3. The molecule has 0 radical (unpaired) electrons. The average molecular weight is 571 g/mol. The van der Waals surface area contributed by atoms with Gasteiger partial charge in [-0.25, -0.2) is 4.68 Å². The maximum Gasteiger partial charge on any atom is 0.271 e. The second-order valence-electron chi connectivity index (χ2n) is 11.1. The molecular formula is C36H34N4O3. The van der Waals surface area contributed by atoms with E-state index in [-0.39, 0.29) is 12.1 Å². The van der Waals surface area contributed by atoms with E-state index in [1.54, 1.807) is 17.7 Å². The smallest absolute Gasteiger partial charge is 0.271 e. The van der Waals surface area contributed by atoms with Crippen LogP contribution in [0, 0.1) is 24.2 Å². The van der Waals surface area contributed by atoms with Gasteiger partial charge in [0.2, 0.25) is 0 Å². The number of para-hydroxylation sites is 1. The van der Waals surface area contributed by atoms with Gasteiger partial charge in [0, 0.05) is 29.4 Å². The van der Waals surface area contributed by atoms with Gasteiger partial charge >= 0.3 is 0 Å². The highest BCUT2D eigenvalue weighted by atomic mass is 16.5. The van der Waals surface area contributed by atoms with Crippen molar-refractivity contribution in [1.29, 1.82) is 5.26 Å². The van der Waals surface area contributed by atoms with Crippen molar-refractivity contribution in [1.82, 2.24) is 14.7 Å². The molecule has 0 unspecified atom stereocenters. The van der Waals surface area contributed by atoms with Crippen LogP contribution in [0.3, 0.4) is 0 Å². The van der Waals surface area contributed by atoms with E-state index in [4.69, 9.17) is 9.84 Å². The zero-order chi connectivity index (χ0) is 30.5. The normalized spacial score (nSPS) is 14.5. The summed E-state index contributed by atoms with van der Waals surface area (Å²) in [5, 5.41) is 14.8. The van der Waals surface area contributed by atoms with Crippen molar-refractivity contribution >= 4 is 17.9 Å². The molecule has 2 heterocycles. The van der Waals surface area contributed by atoms with Crippen LogP contribution >= 0.6 is 0 Å². The Hall–Kier alpha value is -5.22. The number of hydrogen-bond acceptors (Lipinski definition) is 5. The lowest BCUT2D eigenvalue weighted by Crippen LogP contribution is -2.43. The molecule has 0 spiro atoms. The van der Waals surface area contributed by atoms with E-state index in [0.717, 1.165) is 28.1 Å². The molecule has 5 rings (SSSR count). The molecule has 43 heavy (non-hydrogen) atoms. The van der Waals surface area contributed by atoms with Gasteiger partial charge in [0.25, 0.3) is 11.8 Å². The van der Waals surface area contributed by atoms with Crippen LogP contribution in [0.25, 0.3) is 23.0 Å². The van der Waals surface area contributed by atoms with Gasteiger partial charge in [-0.2, -0.15) is 10.4 Å². The lowest BCUT2D eigenvalue weighted by Gasteiger charge is -2.27. The van der Waals surface area contributed by atoms with Crippen LogP contribution < -0.4 is 4.74 Å². The SMILES string of the molecule is CC1=C(C#N)C(=O)N(CCc2ccccc2)C(=O)/C1=C/c1cn(-c2ccccc2)nc1-c1ccc(OCC(C)C)cc1C. The van der Waals surface area contributed by atoms with Crippen molar-refractivity contribution in [3.8, 4) is 28.8 Å². The first-order valence-corrected chi connectivity index (χ1v) is 14.4. The molecule has 0 fully saturated rings. The highest BCUT2D eigenvalue weighted by molar-refractivity contribution is 6.19. The predicted molar refractivity (Wildman–Crippen MR) is 167 cm³/mol. The maximum atomic E-state index is 13.8. The van der Waals surface area contributed by atoms with Gasteiger partial charge in [-0.3, -0.25) is 14.5 Å². The van der Waals surface area contributed by atoms with Crippen molar-refractivity contribution < 1.29 is 14.3 Å². The zero-order valence-corrected chi connectivity index (χ0v) is 24.9. The van der Waals surface area contributed by atoms with Crippen LogP contribution in [0.4, 0.5) is 0 Å². The van der Waals surface area contributed by atoms with Gasteiger partial charge in [-0.1, -0.05) is 62.4 Å². The summed E-state index contributed by atoms with van der Waals surface area (Å²) in [5.41, 5.74) is 5.73. The summed E-state index contributed by atoms with van der Waals surface area (Å²) < 4.78 is 7.72. The minimum Gasteiger partial charge on any atom is -0.493 e. The number of imide groups is 1. The first kappa shape index (κ1) is 29.3. The fourth-order valence-corrected chi connectivity index (χ4v) is 5.04. The van der Waals surface area contributed by atoms with Crippen molar-refractivity contribution in [2.75, 3.05) is 13.2 Å². The Kier molecular flexibility index (Phi) is 8.68. The molecule has 0 saturated heterocycles. The summed E-state index contributed by atoms with van der Waals surface area (Å²) >= 11 is 0. The number of aryl methyl sites for hydroxylation is 1. The van der Waals surface area contributed by atoms with Crippen molar-refractivity contribution in [2.45, 2.75) is 34.1 Å². The second-order valence-corrected chi connectivity index (χ2v) is 11.1. The second kappa shape index (κ2) is 12.7. The monoisotopic (exact) mass is 570 g/mol. The molecule has 2 amide bonds. The van der Waals surface area contributed by atoms with Crippen molar-refractivity contribution in [2.24, 2.45) is 5.92 Å². The van der Waals surface area contributed by atoms with Crippen LogP contribution in [0.1, 0.15) is 37.5 Å². The molecule has 3 aromatic carbocycles. The summed E-state index contributed by atoms with van der Waals surface area (Å²) in [6.07, 6.45) is 4.12. The van der Waals surface area contributed by atoms with E-state index in [9.17, 15) is 14.9 Å². The Morgan fingerprint density at radius 1 is 0.953 bits per heavy atom. The minimum absolute atomic E-state index is 0.0289. The van der Waals surface area contributed by atoms with Crippen molar-refractivity contribution in [3.05, 3.63) is 118 Å². The topological polar surface area (TPSA) is 88.2 Å². The van der Waals surface area contributed by atoms with E-state index < -0.39 is 11.8 Å². The standard InChI is InChI=1S/C36H34N4O3/c1-24(2)23-43-30-15-16-31(25(3)19-30)34-28(22-40(38-34)29-13-9-6-10-14-29)20-32-26(4)33(21-37)36(42)39(35(32)41)18-17-27-11-7-5-8-12-27/h5-16,19-20,22,24H,17-18,23H2,1-4H3/b32-20+. The average Bonchev–Trinajstić information content (AvgIpc) is 3.43. The highest BCUT2D eigenvalue weighted by Crippen LogP contribution is 2.33. The van der Waals surface area contributed by atoms with Gasteiger partial charge in [0.1, 0.15) is 23.1 Å². The van der Waals surface area contributed by atoms with Gasteiger partial charge in [-0.05, 0) is 79.3 Å². The van der Waals surface area contributed by atoms with Crippen LogP contribution in [-0.4, -0.2) is 39.6 Å². The minimum atomic E-state index is -0.564. The van der Waals surface area contributed by atoms with Gasteiger partial charge < -0.3 is 4.74 Å². The first-order valence-electron chi connectivity index (χ1n) is 14.4. The third-order valence-corrected chi connectivity index (χ3v) is 7.39. The fourth-order valence-electron chi connectivity index (χ4n) is 5.04. The third-order valence-electron chi connectivity index (χ3n) is 7.39. The Morgan fingerprint density at radius 3 is 2.30 bits per heavy atom. The number of hydrogen-bond donors (Lipinski definition) is 0. The number of benzene rings is 3. The summed E-state index contributed by atoms with van der Waals surface area (Å²) in [7, 11) is 0. The number of carbonyl (C=O) groups is 2. The van der Waals surface area contributed by atoms with E-state index >= 15 is 0 Å². The molecule has 216 valence electrons. The molecule has 0 atom stereocenters. The van der Waals surface area contributed by atoms with Crippen LogP contribution in [0.5, 0.6) is 5.75 Å². The van der Waals surface area contributed by atoms with Crippen molar-refractivity contribution in [3.63, 3.8) is 0 Å². The predicted octanol–water partition coefficient (Wildman–Crippen LogP) is 6.72. The molecule has 1 aromatic heterocycles. The number of nitriles is 1. The van der Waals surface area contributed by atoms with Gasteiger partial charge in [0.15, 0.2) is 0 Å². The number of ether oxygens (including phenoxy) is 1. The molecule has 7 nitrogen and oxygen atoms in total. The molecule has 1 aliphatic heterocycles. The van der Waals surface area contributed by atoms with E-state index in [1.165, 1.54) is 4.90 Å². The molecular weight excluding hydrogens is 536 g/mol. The zero-order valence-electron chi connectivity index (χ0n) is 24.9. The molecule has 0 N–H and O–H groups in total. The molecule has 4 aromatic rings. The lowest BCUT2D eigenvalue weighted by molar-refractivity contribution is -0.140. The summed E-state index contributed by atoms with van der Waals surface area (Å²) in [4.78, 5) is 28.2. The Morgan fingerprint density at radius 2 is 1.65 bits per heavy atom. The summed E-state index contributed by atoms with van der Waals surface area (Å²) in [6.45, 7) is 8.66. The molecule has 0 bridgehead atoms. The fraction of sp³-hybridized carbons (Fsp3) is 0.222. The molecule has 0 saturated carbocycles. The number of carbonyl (C=O) groups excluding carboxylic acids is 2. The number of amides is 2. The molecule has 1 aliphatic rings. The van der Waals surface area contributed by atoms with Crippen LogP contribution in [0.2, 0.25) is 0 Å². The Balaban J connectivity index is 1.59. The number of aromatic nitrogens is 2. The Bertz CT molecular complexity index is 1760. The quantitative estimate of drug-likeness (QED) is 0.165. The number of rotatable bonds is 9. The maximum absolute atomic E-state index is 13.8. The third kappa shape index (κ3) is 6.34. The highest BCUT2D eigenvalue weighted by Gasteiger charge is 2.35. The molecule has 7 heteroatoms. The number of nitrogens with zero attached hydrogens (tertiary/aromatic N) is 4. The van der Waals surface area contributed by atoms with Crippen LogP contribution in [-0.2, 0) is 16.0 Å². The van der Waals surface area contributed by atoms with Crippen LogP contribution in [0.15, 0.2) is 102 Å². The first-order chi connectivity index (χ1) is 20.8. The largest absolute Gasteiger partial charge is 0.493 e. The Labute approximate surface area is 252 Å².